The van der Waals surface area contributed by atoms with Crippen LogP contribution in [0.5, 0.6) is 0 Å². The van der Waals surface area contributed by atoms with Gasteiger partial charge in [0.25, 0.3) is 0 Å². The van der Waals surface area contributed by atoms with Crippen LogP contribution in [0.15, 0.2) is 0 Å². The molecule has 21 heavy (non-hydrogen) atoms. The normalized spacial score (nSPS) is 18.9. The Morgan fingerprint density at radius 1 is 1.29 bits per heavy atom. The molecule has 5 heteroatoms. The quantitative estimate of drug-likeness (QED) is 0.800. The molecule has 0 aromatic carbocycles. The molecule has 1 aliphatic rings. The summed E-state index contributed by atoms with van der Waals surface area (Å²) in [6, 6.07) is 0.700. The molecule has 0 amide bonds. The fourth-order valence-corrected chi connectivity index (χ4v) is 4.26. The molecule has 1 saturated heterocycles. The lowest BCUT2D eigenvalue weighted by Crippen LogP contribution is -2.37. The van der Waals surface area contributed by atoms with Crippen LogP contribution in [0.2, 0.25) is 0 Å². The topological polar surface area (TPSA) is 31.4 Å². The van der Waals surface area contributed by atoms with Gasteiger partial charge in [0.2, 0.25) is 0 Å². The van der Waals surface area contributed by atoms with Gasteiger partial charge in [-0.05, 0) is 32.5 Å². The van der Waals surface area contributed by atoms with Crippen LogP contribution in [0.3, 0.4) is 0 Å². The summed E-state index contributed by atoms with van der Waals surface area (Å²) >= 11 is 1.88. The van der Waals surface area contributed by atoms with Gasteiger partial charge in [-0.3, -0.25) is 4.90 Å². The van der Waals surface area contributed by atoms with E-state index in [4.69, 9.17) is 4.98 Å². The number of nitrogens with one attached hydrogen (secondary N) is 1. The van der Waals surface area contributed by atoms with Crippen molar-refractivity contribution >= 4 is 16.5 Å². The van der Waals surface area contributed by atoms with Crippen LogP contribution in [0.1, 0.15) is 44.7 Å². The molecular formula is C16H30N4S. The van der Waals surface area contributed by atoms with Crippen LogP contribution in [-0.2, 0) is 13.0 Å². The third-order valence-corrected chi connectivity index (χ3v) is 5.56. The molecule has 2 heterocycles. The molecule has 1 aromatic heterocycles. The molecule has 1 aliphatic heterocycles. The number of likely N-dealkylation sites (N-methyl/N-ethyl adjacent to an activating group) is 1. The highest BCUT2D eigenvalue weighted by Crippen LogP contribution is 2.30. The lowest BCUT2D eigenvalue weighted by Gasteiger charge is -2.25. The summed E-state index contributed by atoms with van der Waals surface area (Å²) in [5.74, 6) is 0. The van der Waals surface area contributed by atoms with Crippen LogP contribution in [-0.4, -0.2) is 48.6 Å². The minimum absolute atomic E-state index is 0.700. The largest absolute Gasteiger partial charge is 0.346 e. The van der Waals surface area contributed by atoms with Crippen molar-refractivity contribution in [1.29, 1.82) is 0 Å². The van der Waals surface area contributed by atoms with Crippen molar-refractivity contribution in [3.8, 4) is 0 Å². The number of thiazole rings is 1. The van der Waals surface area contributed by atoms with Crippen molar-refractivity contribution in [2.24, 2.45) is 0 Å². The fraction of sp³-hybridized carbons (Fsp3) is 0.812. The van der Waals surface area contributed by atoms with Crippen LogP contribution >= 0.6 is 11.3 Å². The summed E-state index contributed by atoms with van der Waals surface area (Å²) in [4.78, 5) is 11.4. The van der Waals surface area contributed by atoms with E-state index < -0.39 is 0 Å². The van der Waals surface area contributed by atoms with Crippen molar-refractivity contribution in [3.05, 3.63) is 10.6 Å². The zero-order valence-corrected chi connectivity index (χ0v) is 14.8. The molecular weight excluding hydrogens is 280 g/mol. The molecule has 1 fully saturated rings. The molecule has 0 spiro atoms. The molecule has 0 aliphatic carbocycles. The number of aromatic nitrogens is 1. The Kier molecular flexibility index (Phi) is 6.45. The van der Waals surface area contributed by atoms with Crippen LogP contribution in [0.4, 0.5) is 5.13 Å². The lowest BCUT2D eigenvalue weighted by molar-refractivity contribution is 0.232. The average Bonchev–Trinajstić information content (AvgIpc) is 3.12. The van der Waals surface area contributed by atoms with Crippen molar-refractivity contribution in [1.82, 2.24) is 15.2 Å². The van der Waals surface area contributed by atoms with Gasteiger partial charge in [0.1, 0.15) is 0 Å². The van der Waals surface area contributed by atoms with Gasteiger partial charge in [0, 0.05) is 30.6 Å². The van der Waals surface area contributed by atoms with E-state index in [0.717, 1.165) is 45.7 Å². The zero-order chi connectivity index (χ0) is 15.2. The second-order valence-electron chi connectivity index (χ2n) is 5.61. The molecule has 4 nitrogen and oxygen atoms in total. The van der Waals surface area contributed by atoms with Crippen molar-refractivity contribution < 1.29 is 0 Å². The Balaban J connectivity index is 2.04. The van der Waals surface area contributed by atoms with Crippen molar-refractivity contribution in [3.63, 3.8) is 0 Å². The summed E-state index contributed by atoms with van der Waals surface area (Å²) in [5.41, 5.74) is 1.28. The molecule has 1 unspecified atom stereocenters. The number of aryl methyl sites for hydroxylation is 1. The Morgan fingerprint density at radius 2 is 2.05 bits per heavy atom. The SMILES string of the molecule is CCNCc1sc(N2CCC(N(CC)CC)C2)nc1CC. The van der Waals surface area contributed by atoms with Gasteiger partial charge in [-0.15, -0.1) is 11.3 Å². The van der Waals surface area contributed by atoms with E-state index in [1.165, 1.54) is 22.1 Å². The highest BCUT2D eigenvalue weighted by Gasteiger charge is 2.28. The maximum atomic E-state index is 4.89. The third kappa shape index (κ3) is 3.96. The van der Waals surface area contributed by atoms with Crippen LogP contribution < -0.4 is 10.2 Å². The molecule has 0 saturated carbocycles. The summed E-state index contributed by atoms with van der Waals surface area (Å²) in [7, 11) is 0. The number of anilines is 1. The maximum absolute atomic E-state index is 4.89. The van der Waals surface area contributed by atoms with E-state index in [-0.39, 0.29) is 0 Å². The molecule has 0 bridgehead atoms. The Morgan fingerprint density at radius 3 is 2.67 bits per heavy atom. The number of hydrogen-bond acceptors (Lipinski definition) is 5. The van der Waals surface area contributed by atoms with Gasteiger partial charge in [-0.1, -0.05) is 27.7 Å². The molecule has 1 N–H and O–H groups in total. The first kappa shape index (κ1) is 16.7. The highest BCUT2D eigenvalue weighted by molar-refractivity contribution is 7.15. The smallest absolute Gasteiger partial charge is 0.185 e. The molecule has 1 aromatic rings. The van der Waals surface area contributed by atoms with E-state index in [9.17, 15) is 0 Å². The maximum Gasteiger partial charge on any atom is 0.185 e. The van der Waals surface area contributed by atoms with Gasteiger partial charge >= 0.3 is 0 Å². The molecule has 0 radical (unpaired) electrons. The van der Waals surface area contributed by atoms with E-state index >= 15 is 0 Å². The molecule has 120 valence electrons. The minimum atomic E-state index is 0.700. The zero-order valence-electron chi connectivity index (χ0n) is 14.0. The Bertz CT molecular complexity index is 428. The third-order valence-electron chi connectivity index (χ3n) is 4.40. The standard InChI is InChI=1S/C16H30N4S/c1-5-14-15(11-17-6-2)21-16(18-14)20-10-9-13(12-20)19(7-3)8-4/h13,17H,5-12H2,1-4H3. The number of hydrogen-bond donors (Lipinski definition) is 1. The number of rotatable bonds is 8. The first-order valence-electron chi connectivity index (χ1n) is 8.41. The van der Waals surface area contributed by atoms with Gasteiger partial charge < -0.3 is 10.2 Å². The summed E-state index contributed by atoms with van der Waals surface area (Å²) in [6.07, 6.45) is 2.30. The van der Waals surface area contributed by atoms with Crippen LogP contribution in [0, 0.1) is 0 Å². The summed E-state index contributed by atoms with van der Waals surface area (Å²) in [5, 5.41) is 4.66. The summed E-state index contributed by atoms with van der Waals surface area (Å²) < 4.78 is 0. The van der Waals surface area contributed by atoms with Gasteiger partial charge in [0.05, 0.1) is 5.69 Å². The minimum Gasteiger partial charge on any atom is -0.346 e. The Hall–Kier alpha value is -0.650. The second-order valence-corrected chi connectivity index (χ2v) is 6.67. The summed E-state index contributed by atoms with van der Waals surface area (Å²) in [6.45, 7) is 15.5. The average molecular weight is 311 g/mol. The van der Waals surface area contributed by atoms with E-state index in [1.54, 1.807) is 0 Å². The van der Waals surface area contributed by atoms with Crippen molar-refractivity contribution in [2.45, 2.75) is 53.1 Å². The van der Waals surface area contributed by atoms with Gasteiger partial charge in [-0.2, -0.15) is 0 Å². The van der Waals surface area contributed by atoms with Gasteiger partial charge in [-0.25, -0.2) is 4.98 Å². The first-order chi connectivity index (χ1) is 10.2. The molecule has 1 atom stereocenters. The second kappa shape index (κ2) is 8.11. The van der Waals surface area contributed by atoms with Crippen molar-refractivity contribution in [2.75, 3.05) is 37.6 Å². The van der Waals surface area contributed by atoms with E-state index in [0.29, 0.717) is 6.04 Å². The predicted octanol–water partition coefficient (Wildman–Crippen LogP) is 2.74. The van der Waals surface area contributed by atoms with Gasteiger partial charge in [0.15, 0.2) is 5.13 Å². The van der Waals surface area contributed by atoms with E-state index in [2.05, 4.69) is 42.8 Å². The van der Waals surface area contributed by atoms with E-state index in [1.807, 2.05) is 11.3 Å². The van der Waals surface area contributed by atoms with Crippen LogP contribution in [0.25, 0.3) is 0 Å². The monoisotopic (exact) mass is 310 g/mol. The Labute approximate surface area is 133 Å². The predicted molar refractivity (Wildman–Crippen MR) is 92.4 cm³/mol. The number of nitrogens with zero attached hydrogens (tertiary/aromatic N) is 3. The molecule has 2 rings (SSSR count). The lowest BCUT2D eigenvalue weighted by atomic mass is 10.2. The first-order valence-corrected chi connectivity index (χ1v) is 9.23. The fourth-order valence-electron chi connectivity index (χ4n) is 3.11. The highest BCUT2D eigenvalue weighted by atomic mass is 32.1.